The minimum absolute atomic E-state index is 0.0555. The lowest BCUT2D eigenvalue weighted by molar-refractivity contribution is -0.929. The zero-order valence-corrected chi connectivity index (χ0v) is 22.6. The number of hydrogen-bond acceptors (Lipinski definition) is 8. The maximum atomic E-state index is 10.8. The first-order valence-corrected chi connectivity index (χ1v) is 12.8. The molecule has 0 bridgehead atoms. The second-order valence-corrected chi connectivity index (χ2v) is 9.02. The second-order valence-electron chi connectivity index (χ2n) is 9.02. The fourth-order valence-electron chi connectivity index (χ4n) is 4.03. The third-order valence-electron chi connectivity index (χ3n) is 6.17. The molecule has 0 aliphatic heterocycles. The van der Waals surface area contributed by atoms with E-state index in [0.29, 0.717) is 12.1 Å². The van der Waals surface area contributed by atoms with E-state index in [2.05, 4.69) is 27.7 Å². The number of quaternary nitrogens is 1. The molecular formula is C23H41N6O8+. The van der Waals surface area contributed by atoms with E-state index < -0.39 is 42.6 Å². The van der Waals surface area contributed by atoms with Crippen LogP contribution >= 0.6 is 0 Å². The number of nitro groups is 4. The molecule has 0 saturated carbocycles. The van der Waals surface area contributed by atoms with Gasteiger partial charge < -0.3 is 4.48 Å². The molecule has 0 amide bonds. The smallest absolute Gasteiger partial charge is 0.312 e. The molecule has 0 heterocycles. The minimum Gasteiger partial charge on any atom is -0.324 e. The molecule has 0 aliphatic rings. The summed E-state index contributed by atoms with van der Waals surface area (Å²) in [5, 5.41) is 41.7. The number of hydrogen-bond donors (Lipinski definition) is 0. The molecular weight excluding hydrogens is 488 g/mol. The summed E-state index contributed by atoms with van der Waals surface area (Å²) in [7, 11) is 0.751. The molecule has 0 saturated heterocycles. The molecule has 0 unspecified atom stereocenters. The Balaban J connectivity index is 0.000000712. The Morgan fingerprint density at radius 3 is 1.19 bits per heavy atom. The average Bonchev–Trinajstić information content (AvgIpc) is 2.86. The van der Waals surface area contributed by atoms with E-state index in [1.165, 1.54) is 82.0 Å². The van der Waals surface area contributed by atoms with Crippen LogP contribution in [0, 0.1) is 40.5 Å². The number of anilines is 1. The van der Waals surface area contributed by atoms with E-state index >= 15 is 0 Å². The zero-order valence-electron chi connectivity index (χ0n) is 22.6. The van der Waals surface area contributed by atoms with Crippen LogP contribution in [0.4, 0.5) is 22.7 Å². The summed E-state index contributed by atoms with van der Waals surface area (Å²) >= 11 is 0. The molecule has 0 N–H and O–H groups in total. The van der Waals surface area contributed by atoms with E-state index in [1.807, 2.05) is 0 Å². The van der Waals surface area contributed by atoms with E-state index in [0.717, 1.165) is 7.05 Å². The van der Waals surface area contributed by atoms with Gasteiger partial charge >= 0.3 is 11.4 Å². The molecule has 0 aromatic heterocycles. The highest BCUT2D eigenvalue weighted by Crippen LogP contribution is 2.40. The van der Waals surface area contributed by atoms with Gasteiger partial charge in [0.1, 0.15) is 0 Å². The third-order valence-corrected chi connectivity index (χ3v) is 6.17. The maximum Gasteiger partial charge on any atom is 0.312 e. The second kappa shape index (κ2) is 17.1. The Hall–Kier alpha value is -3.42. The fourth-order valence-corrected chi connectivity index (χ4v) is 4.03. The van der Waals surface area contributed by atoms with Crippen LogP contribution in [0.5, 0.6) is 0 Å². The van der Waals surface area contributed by atoms with Crippen molar-refractivity contribution in [2.45, 2.75) is 79.1 Å². The van der Waals surface area contributed by atoms with Crippen LogP contribution in [0.15, 0.2) is 12.1 Å². The molecule has 0 atom stereocenters. The Bertz CT molecular complexity index is 839. The van der Waals surface area contributed by atoms with Gasteiger partial charge in [0.25, 0.3) is 11.4 Å². The summed E-state index contributed by atoms with van der Waals surface area (Å²) < 4.78 is 1.42. The lowest BCUT2D eigenvalue weighted by Gasteiger charge is -2.39. The Labute approximate surface area is 217 Å². The van der Waals surface area contributed by atoms with Gasteiger partial charge in [-0.3, -0.25) is 30.3 Å². The van der Waals surface area contributed by atoms with Crippen LogP contribution < -0.4 is 5.01 Å². The van der Waals surface area contributed by atoms with Gasteiger partial charge in [0.15, 0.2) is 5.03 Å². The largest absolute Gasteiger partial charge is 0.324 e. The van der Waals surface area contributed by atoms with Crippen LogP contribution in [0.25, 0.3) is 0 Å². The summed E-state index contributed by atoms with van der Waals surface area (Å²) in [5.74, 6) is 0. The minimum atomic E-state index is -1.17. The van der Waals surface area contributed by atoms with Crippen LogP contribution in [0.3, 0.4) is 0 Å². The van der Waals surface area contributed by atoms with Crippen molar-refractivity contribution in [3.63, 3.8) is 0 Å². The van der Waals surface area contributed by atoms with E-state index in [4.69, 9.17) is 0 Å². The van der Waals surface area contributed by atoms with Gasteiger partial charge in [-0.15, -0.1) is 0 Å². The first kappa shape index (κ1) is 33.6. The van der Waals surface area contributed by atoms with Gasteiger partial charge in [-0.05, 0) is 25.7 Å². The predicted octanol–water partition coefficient (Wildman–Crippen LogP) is 6.04. The Kier molecular flexibility index (Phi) is 15.5. The van der Waals surface area contributed by atoms with Crippen molar-refractivity contribution in [2.75, 3.05) is 38.2 Å². The summed E-state index contributed by atoms with van der Waals surface area (Å²) in [6, 6.07) is 0.838. The third kappa shape index (κ3) is 11.0. The fraction of sp³-hybridized carbons (Fsp3) is 0.739. The molecule has 37 heavy (non-hydrogen) atoms. The van der Waals surface area contributed by atoms with Crippen LogP contribution in [-0.4, -0.2) is 57.5 Å². The number of benzene rings is 1. The number of rotatable bonds is 17. The van der Waals surface area contributed by atoms with Crippen molar-refractivity contribution >= 4 is 22.7 Å². The highest BCUT2D eigenvalue weighted by Gasteiger charge is 2.37. The van der Waals surface area contributed by atoms with Crippen molar-refractivity contribution in [2.24, 2.45) is 0 Å². The zero-order chi connectivity index (χ0) is 28.6. The van der Waals surface area contributed by atoms with Crippen molar-refractivity contribution in [1.82, 2.24) is 0 Å². The highest BCUT2D eigenvalue weighted by molar-refractivity contribution is 5.76. The van der Waals surface area contributed by atoms with Gasteiger partial charge in [0.2, 0.25) is 0 Å². The van der Waals surface area contributed by atoms with E-state index in [-0.39, 0.29) is 5.01 Å². The lowest BCUT2D eigenvalue weighted by Crippen LogP contribution is -2.50. The molecule has 210 valence electrons. The SMILES string of the molecule is CCCC[N+](CCCC)(CCCC)CCCC.CN(c1c([N+](=O)[O-])cc([N+](=O)[O-])cc1[N+](=O)[O-])[N+](=O)[O-]. The number of nitro benzene ring substituents is 3. The van der Waals surface area contributed by atoms with Crippen molar-refractivity contribution in [3.8, 4) is 0 Å². The van der Waals surface area contributed by atoms with Crippen LogP contribution in [-0.2, 0) is 0 Å². The first-order chi connectivity index (χ1) is 17.4. The summed E-state index contributed by atoms with van der Waals surface area (Å²) in [6.45, 7) is 15.0. The monoisotopic (exact) mass is 529 g/mol. The van der Waals surface area contributed by atoms with Crippen LogP contribution in [0.2, 0.25) is 0 Å². The average molecular weight is 530 g/mol. The number of nitrogens with zero attached hydrogens (tertiary/aromatic N) is 6. The molecule has 0 aliphatic carbocycles. The quantitative estimate of drug-likeness (QED) is 0.132. The van der Waals surface area contributed by atoms with Crippen molar-refractivity contribution in [3.05, 3.63) is 52.6 Å². The topological polar surface area (TPSA) is 176 Å². The molecule has 1 aromatic carbocycles. The summed E-state index contributed by atoms with van der Waals surface area (Å²) in [5.41, 5.74) is -4.07. The molecule has 0 radical (unpaired) electrons. The molecule has 14 heteroatoms. The van der Waals surface area contributed by atoms with E-state index in [9.17, 15) is 40.5 Å². The molecule has 1 rings (SSSR count). The first-order valence-electron chi connectivity index (χ1n) is 12.8. The van der Waals surface area contributed by atoms with Gasteiger partial charge in [0, 0.05) is 0 Å². The number of unbranched alkanes of at least 4 members (excludes halogenated alkanes) is 4. The van der Waals surface area contributed by atoms with Gasteiger partial charge in [-0.1, -0.05) is 58.4 Å². The summed E-state index contributed by atoms with van der Waals surface area (Å²) in [6.07, 6.45) is 11.1. The lowest BCUT2D eigenvalue weighted by atomic mass is 10.1. The van der Waals surface area contributed by atoms with Gasteiger partial charge in [-0.25, -0.2) is 10.1 Å². The normalized spacial score (nSPS) is 10.8. The molecule has 0 fully saturated rings. The standard InChI is InChI=1S/C16H36N.C7H5N5O8/c1-5-9-13-17(14-10-6-2,15-11-7-3)16-12-8-4;1-8(12(19)20)7-5(10(15)16)2-4(9(13)14)3-6(7)11(17)18/h5-16H2,1-4H3;2-3H,1H3/q+1;. The highest BCUT2D eigenvalue weighted by atomic mass is 16.7. The van der Waals surface area contributed by atoms with Gasteiger partial charge in [0.05, 0.1) is 60.1 Å². The molecule has 14 nitrogen and oxygen atoms in total. The molecule has 0 spiro atoms. The Morgan fingerprint density at radius 2 is 0.973 bits per heavy atom. The van der Waals surface area contributed by atoms with E-state index in [1.54, 1.807) is 0 Å². The predicted molar refractivity (Wildman–Crippen MR) is 141 cm³/mol. The Morgan fingerprint density at radius 1 is 0.649 bits per heavy atom. The number of non-ortho nitro benzene ring substituents is 1. The van der Waals surface area contributed by atoms with Gasteiger partial charge in [-0.2, -0.15) is 0 Å². The maximum absolute atomic E-state index is 10.8. The summed E-state index contributed by atoms with van der Waals surface area (Å²) in [4.78, 5) is 39.4. The van der Waals surface area contributed by atoms with Crippen molar-refractivity contribution in [1.29, 1.82) is 0 Å². The number of hydrazine groups is 1. The molecule has 1 aromatic rings. The van der Waals surface area contributed by atoms with Crippen molar-refractivity contribution < 1.29 is 24.3 Å². The van der Waals surface area contributed by atoms with Crippen LogP contribution in [0.1, 0.15) is 79.1 Å².